The Balaban J connectivity index is 1.70. The second-order valence-corrected chi connectivity index (χ2v) is 7.30. The van der Waals surface area contributed by atoms with E-state index < -0.39 is 11.7 Å². The number of benzene rings is 2. The van der Waals surface area contributed by atoms with Gasteiger partial charge in [-0.1, -0.05) is 23.7 Å². The van der Waals surface area contributed by atoms with E-state index in [4.69, 9.17) is 31.5 Å². The van der Waals surface area contributed by atoms with Crippen LogP contribution in [-0.4, -0.2) is 17.3 Å². The minimum atomic E-state index is -0.489. The van der Waals surface area contributed by atoms with Gasteiger partial charge in [0, 0.05) is 16.8 Å². The predicted octanol–water partition coefficient (Wildman–Crippen LogP) is 4.32. The second kappa shape index (κ2) is 8.20. The van der Waals surface area contributed by atoms with Crippen molar-refractivity contribution in [2.75, 3.05) is 7.11 Å². The zero-order valence-corrected chi connectivity index (χ0v) is 17.5. The fraction of sp³-hybridized carbons (Fsp3) is 0.182. The highest BCUT2D eigenvalue weighted by Crippen LogP contribution is 2.44. The number of ether oxygens (including phenoxy) is 3. The number of allylic oxidation sites excluding steroid dienone is 1. The summed E-state index contributed by atoms with van der Waals surface area (Å²) in [7, 11) is 1.50. The minimum Gasteiger partial charge on any atom is -0.493 e. The molecule has 2 aromatic carbocycles. The molecule has 0 amide bonds. The number of hydrogen-bond acceptors (Lipinski definition) is 6. The van der Waals surface area contributed by atoms with Crippen molar-refractivity contribution in [2.24, 2.45) is 5.73 Å². The Bertz CT molecular complexity index is 1210. The predicted molar refractivity (Wildman–Crippen MR) is 111 cm³/mol. The molecule has 0 radical (unpaired) electrons. The molecule has 1 aliphatic heterocycles. The van der Waals surface area contributed by atoms with Gasteiger partial charge >= 0.3 is 0 Å². The number of fused-ring (bicyclic) bond motifs is 1. The molecule has 1 aromatic heterocycles. The molecule has 3 aromatic rings. The number of nitriles is 1. The van der Waals surface area contributed by atoms with E-state index in [2.05, 4.69) is 16.3 Å². The van der Waals surface area contributed by atoms with Crippen molar-refractivity contribution in [3.05, 3.63) is 81.1 Å². The topological polar surface area (TPSA) is 106 Å². The number of nitrogens with two attached hydrogens (primary N) is 1. The third-order valence-corrected chi connectivity index (χ3v) is 5.44. The first kappa shape index (κ1) is 20.6. The summed E-state index contributed by atoms with van der Waals surface area (Å²) in [5.41, 5.74) is 8.70. The molecule has 0 saturated heterocycles. The Kier molecular flexibility index (Phi) is 5.44. The molecule has 0 saturated carbocycles. The molecule has 1 unspecified atom stereocenters. The maximum Gasteiger partial charge on any atom is 0.244 e. The van der Waals surface area contributed by atoms with Gasteiger partial charge in [0.1, 0.15) is 24.1 Å². The van der Waals surface area contributed by atoms with E-state index >= 15 is 0 Å². The molecule has 0 fully saturated rings. The Morgan fingerprint density at radius 2 is 2.13 bits per heavy atom. The summed E-state index contributed by atoms with van der Waals surface area (Å²) in [6, 6.07) is 11.8. The first-order valence-electron chi connectivity index (χ1n) is 9.30. The van der Waals surface area contributed by atoms with Gasteiger partial charge in [-0.3, -0.25) is 5.10 Å². The third-order valence-electron chi connectivity index (χ3n) is 5.08. The van der Waals surface area contributed by atoms with E-state index in [1.54, 1.807) is 24.3 Å². The van der Waals surface area contributed by atoms with Gasteiger partial charge in [0.25, 0.3) is 0 Å². The largest absolute Gasteiger partial charge is 0.493 e. The van der Waals surface area contributed by atoms with Gasteiger partial charge in [-0.2, -0.15) is 5.26 Å². The molecule has 4 rings (SSSR count). The molecule has 1 aliphatic rings. The number of hydrogen-bond donors (Lipinski definition) is 2. The Morgan fingerprint density at radius 1 is 1.32 bits per heavy atom. The number of nitrogens with one attached hydrogen (secondary N) is 1. The van der Waals surface area contributed by atoms with Crippen LogP contribution >= 0.6 is 11.6 Å². The molecule has 1 atom stereocenters. The summed E-state index contributed by atoms with van der Waals surface area (Å²) in [4.78, 5) is 0. The first-order chi connectivity index (χ1) is 14.9. The van der Waals surface area contributed by atoms with Gasteiger partial charge in [0.15, 0.2) is 11.5 Å². The van der Waals surface area contributed by atoms with Gasteiger partial charge in [0.2, 0.25) is 11.8 Å². The summed E-state index contributed by atoms with van der Waals surface area (Å²) < 4.78 is 30.8. The van der Waals surface area contributed by atoms with E-state index in [-0.39, 0.29) is 28.6 Å². The average Bonchev–Trinajstić information content (AvgIpc) is 3.12. The number of halogens is 2. The number of aromatic amines is 1. The molecular weight excluding hydrogens is 423 g/mol. The summed E-state index contributed by atoms with van der Waals surface area (Å²) in [6.07, 6.45) is 0. The van der Waals surface area contributed by atoms with Crippen molar-refractivity contribution in [3.8, 4) is 23.4 Å². The summed E-state index contributed by atoms with van der Waals surface area (Å²) in [5.74, 6) is 0.198. The monoisotopic (exact) mass is 440 g/mol. The molecule has 9 heteroatoms. The second-order valence-electron chi connectivity index (χ2n) is 6.89. The van der Waals surface area contributed by atoms with Crippen LogP contribution in [0.15, 0.2) is 47.9 Å². The molecular formula is C22H18ClFN4O3. The average molecular weight is 441 g/mol. The van der Waals surface area contributed by atoms with Gasteiger partial charge in [-0.25, -0.2) is 4.39 Å². The maximum atomic E-state index is 14.0. The number of methoxy groups -OCH3 is 1. The van der Waals surface area contributed by atoms with E-state index in [9.17, 15) is 9.65 Å². The van der Waals surface area contributed by atoms with Gasteiger partial charge in [0.05, 0.1) is 18.1 Å². The third kappa shape index (κ3) is 3.64. The van der Waals surface area contributed by atoms with Crippen LogP contribution in [0.2, 0.25) is 5.02 Å². The molecule has 0 bridgehead atoms. The van der Waals surface area contributed by atoms with Crippen molar-refractivity contribution in [1.82, 2.24) is 10.2 Å². The van der Waals surface area contributed by atoms with Crippen LogP contribution in [0.3, 0.4) is 0 Å². The molecule has 158 valence electrons. The smallest absolute Gasteiger partial charge is 0.244 e. The van der Waals surface area contributed by atoms with E-state index in [1.165, 1.54) is 19.2 Å². The van der Waals surface area contributed by atoms with E-state index in [0.29, 0.717) is 17.4 Å². The summed E-state index contributed by atoms with van der Waals surface area (Å²) >= 11 is 6.07. The highest BCUT2D eigenvalue weighted by Gasteiger charge is 2.34. The Morgan fingerprint density at radius 3 is 2.84 bits per heavy atom. The number of rotatable bonds is 5. The van der Waals surface area contributed by atoms with E-state index in [0.717, 1.165) is 16.8 Å². The number of H-pyrrole nitrogens is 1. The van der Waals surface area contributed by atoms with Gasteiger partial charge in [-0.15, -0.1) is 5.10 Å². The Hall–Kier alpha value is -3.70. The maximum absolute atomic E-state index is 14.0. The zero-order chi connectivity index (χ0) is 22.1. The highest BCUT2D eigenvalue weighted by atomic mass is 35.5. The van der Waals surface area contributed by atoms with Crippen LogP contribution < -0.4 is 19.9 Å². The lowest BCUT2D eigenvalue weighted by molar-refractivity contribution is 0.279. The van der Waals surface area contributed by atoms with Crippen molar-refractivity contribution >= 4 is 11.6 Å². The lowest BCUT2D eigenvalue weighted by atomic mass is 9.84. The fourth-order valence-electron chi connectivity index (χ4n) is 3.54. The van der Waals surface area contributed by atoms with E-state index in [1.807, 2.05) is 6.92 Å². The number of aryl methyl sites for hydroxylation is 1. The summed E-state index contributed by atoms with van der Waals surface area (Å²) in [6.45, 7) is 1.77. The molecule has 3 N–H and O–H groups in total. The minimum absolute atomic E-state index is 0.0000111. The summed E-state index contributed by atoms with van der Waals surface area (Å²) in [5, 5.41) is 16.9. The van der Waals surface area contributed by atoms with Crippen molar-refractivity contribution in [3.63, 3.8) is 0 Å². The molecule has 0 aliphatic carbocycles. The van der Waals surface area contributed by atoms with Crippen molar-refractivity contribution in [1.29, 1.82) is 5.26 Å². The van der Waals surface area contributed by atoms with Crippen LogP contribution in [0.25, 0.3) is 0 Å². The normalized spacial score (nSPS) is 15.1. The highest BCUT2D eigenvalue weighted by molar-refractivity contribution is 6.31. The van der Waals surface area contributed by atoms with Crippen LogP contribution in [0.4, 0.5) is 4.39 Å². The molecule has 7 nitrogen and oxygen atoms in total. The van der Waals surface area contributed by atoms with Crippen LogP contribution in [0, 0.1) is 24.1 Å². The zero-order valence-electron chi connectivity index (χ0n) is 16.7. The Labute approximate surface area is 182 Å². The molecule has 2 heterocycles. The van der Waals surface area contributed by atoms with Crippen LogP contribution in [0.5, 0.6) is 17.4 Å². The lowest BCUT2D eigenvalue weighted by Crippen LogP contribution is -2.21. The van der Waals surface area contributed by atoms with Crippen molar-refractivity contribution in [2.45, 2.75) is 19.4 Å². The quantitative estimate of drug-likeness (QED) is 0.612. The van der Waals surface area contributed by atoms with Gasteiger partial charge < -0.3 is 19.9 Å². The van der Waals surface area contributed by atoms with Crippen LogP contribution in [-0.2, 0) is 6.61 Å². The standard InChI is InChI=1S/C22H18ClFN4O3/c1-11-19-20(13(9-25)21(26)31-22(19)28-27-11)12-6-7-17(18(8-12)29-2)30-10-14-15(23)4-3-5-16(14)24/h3-8,20H,10,26H2,1-2H3,(H,27,28). The van der Waals surface area contributed by atoms with Gasteiger partial charge in [-0.05, 0) is 36.8 Å². The lowest BCUT2D eigenvalue weighted by Gasteiger charge is -2.24. The molecule has 31 heavy (non-hydrogen) atoms. The molecule has 0 spiro atoms. The SMILES string of the molecule is COc1cc(C2C(C#N)=C(N)Oc3n[nH]c(C)c32)ccc1OCc1c(F)cccc1Cl. The number of aromatic nitrogens is 2. The van der Waals surface area contributed by atoms with Crippen molar-refractivity contribution < 1.29 is 18.6 Å². The number of nitrogens with zero attached hydrogens (tertiary/aromatic N) is 2. The first-order valence-corrected chi connectivity index (χ1v) is 9.68. The fourth-order valence-corrected chi connectivity index (χ4v) is 3.75. The van der Waals surface area contributed by atoms with Crippen LogP contribution in [0.1, 0.15) is 28.3 Å².